The molecule has 1 fully saturated rings. The molecule has 1 aromatic carbocycles. The van der Waals surface area contributed by atoms with E-state index in [1.807, 2.05) is 6.07 Å². The first-order chi connectivity index (χ1) is 9.79. The number of likely N-dealkylation sites (tertiary alicyclic amines) is 1. The lowest BCUT2D eigenvalue weighted by atomic mass is 10.0. The van der Waals surface area contributed by atoms with Crippen LogP contribution < -0.4 is 5.32 Å². The topological polar surface area (TPSA) is 32.3 Å². The van der Waals surface area contributed by atoms with Crippen molar-refractivity contribution in [3.8, 4) is 0 Å². The Morgan fingerprint density at radius 2 is 2.05 bits per heavy atom. The molecule has 3 nitrogen and oxygen atoms in total. The molecular weight excluding hydrogens is 284 g/mol. The molecule has 0 aliphatic carbocycles. The van der Waals surface area contributed by atoms with Crippen LogP contribution in [0.5, 0.6) is 0 Å². The fraction of sp³-hybridized carbons (Fsp3) is 0.588. The number of nitrogens with one attached hydrogen (secondary N) is 1. The molecule has 116 valence electrons. The standard InChI is InChI=1S/C17H24N2O.ClH/c1-2-16-6-4-3-5-9-19(16)17(20)13-7-8-14-11-18-12-15(14)10-13;/h7-8,10,16,18H,2-6,9,11-12H2,1H3;1H. The largest absolute Gasteiger partial charge is 0.336 e. The highest BCUT2D eigenvalue weighted by atomic mass is 35.5. The number of rotatable bonds is 2. The van der Waals surface area contributed by atoms with Crippen molar-refractivity contribution in [1.82, 2.24) is 10.2 Å². The van der Waals surface area contributed by atoms with Crippen molar-refractivity contribution >= 4 is 18.3 Å². The number of benzene rings is 1. The van der Waals surface area contributed by atoms with Gasteiger partial charge < -0.3 is 10.2 Å². The molecular formula is C17H25ClN2O. The van der Waals surface area contributed by atoms with Gasteiger partial charge >= 0.3 is 0 Å². The van der Waals surface area contributed by atoms with Crippen molar-refractivity contribution in [3.63, 3.8) is 0 Å². The molecule has 0 aromatic heterocycles. The SMILES string of the molecule is CCC1CCCCCN1C(=O)c1ccc2c(c1)CNC2.Cl. The van der Waals surface area contributed by atoms with Crippen molar-refractivity contribution < 1.29 is 4.79 Å². The molecule has 0 radical (unpaired) electrons. The summed E-state index contributed by atoms with van der Waals surface area (Å²) in [5.41, 5.74) is 3.50. The molecule has 1 unspecified atom stereocenters. The van der Waals surface area contributed by atoms with E-state index in [-0.39, 0.29) is 18.3 Å². The molecule has 2 heterocycles. The van der Waals surface area contributed by atoms with Crippen molar-refractivity contribution in [2.45, 2.75) is 58.2 Å². The fourth-order valence-corrected chi connectivity index (χ4v) is 3.46. The lowest BCUT2D eigenvalue weighted by Gasteiger charge is -2.29. The number of nitrogens with zero attached hydrogens (tertiary/aromatic N) is 1. The van der Waals surface area contributed by atoms with E-state index in [0.717, 1.165) is 44.5 Å². The molecule has 3 rings (SSSR count). The normalized spacial score (nSPS) is 21.4. The van der Waals surface area contributed by atoms with Crippen LogP contribution >= 0.6 is 12.4 Å². The first kappa shape index (κ1) is 16.3. The van der Waals surface area contributed by atoms with Crippen LogP contribution in [0, 0.1) is 0 Å². The minimum absolute atomic E-state index is 0. The van der Waals surface area contributed by atoms with E-state index in [9.17, 15) is 4.79 Å². The molecule has 0 spiro atoms. The average Bonchev–Trinajstić information content (AvgIpc) is 2.81. The number of hydrogen-bond donors (Lipinski definition) is 1. The summed E-state index contributed by atoms with van der Waals surface area (Å²) in [5.74, 6) is 0.230. The summed E-state index contributed by atoms with van der Waals surface area (Å²) in [6.45, 7) is 4.95. The third-order valence-electron chi connectivity index (χ3n) is 4.69. The summed E-state index contributed by atoms with van der Waals surface area (Å²) in [7, 11) is 0. The molecule has 2 aliphatic heterocycles. The zero-order chi connectivity index (χ0) is 13.9. The number of hydrogen-bond acceptors (Lipinski definition) is 2. The second-order valence-electron chi connectivity index (χ2n) is 6.00. The van der Waals surface area contributed by atoms with Gasteiger partial charge in [-0.05, 0) is 42.5 Å². The molecule has 1 atom stereocenters. The van der Waals surface area contributed by atoms with E-state index in [2.05, 4.69) is 29.3 Å². The Hall–Kier alpha value is -1.06. The summed E-state index contributed by atoms with van der Waals surface area (Å²) in [4.78, 5) is 14.9. The zero-order valence-corrected chi connectivity index (χ0v) is 13.5. The first-order valence-electron chi connectivity index (χ1n) is 7.93. The zero-order valence-electron chi connectivity index (χ0n) is 12.7. The Balaban J connectivity index is 0.00000161. The minimum atomic E-state index is 0. The van der Waals surface area contributed by atoms with Crippen LogP contribution in [0.4, 0.5) is 0 Å². The smallest absolute Gasteiger partial charge is 0.254 e. The Morgan fingerprint density at radius 1 is 1.24 bits per heavy atom. The summed E-state index contributed by atoms with van der Waals surface area (Å²) < 4.78 is 0. The predicted octanol–water partition coefficient (Wildman–Crippen LogP) is 3.51. The first-order valence-corrected chi connectivity index (χ1v) is 7.93. The molecule has 4 heteroatoms. The van der Waals surface area contributed by atoms with Crippen LogP contribution in [-0.2, 0) is 13.1 Å². The highest BCUT2D eigenvalue weighted by Crippen LogP contribution is 2.23. The van der Waals surface area contributed by atoms with Gasteiger partial charge in [-0.2, -0.15) is 0 Å². The average molecular weight is 309 g/mol. The van der Waals surface area contributed by atoms with E-state index < -0.39 is 0 Å². The van der Waals surface area contributed by atoms with Gasteiger partial charge in [0.15, 0.2) is 0 Å². The maximum absolute atomic E-state index is 12.8. The van der Waals surface area contributed by atoms with Gasteiger partial charge in [-0.25, -0.2) is 0 Å². The number of amides is 1. The molecule has 0 saturated carbocycles. The Bertz CT molecular complexity index is 504. The van der Waals surface area contributed by atoms with Crippen molar-refractivity contribution in [1.29, 1.82) is 0 Å². The van der Waals surface area contributed by atoms with E-state index in [1.54, 1.807) is 0 Å². The van der Waals surface area contributed by atoms with Crippen molar-refractivity contribution in [2.75, 3.05) is 6.54 Å². The van der Waals surface area contributed by atoms with Gasteiger partial charge in [-0.15, -0.1) is 12.4 Å². The Labute approximate surface area is 133 Å². The lowest BCUT2D eigenvalue weighted by Crippen LogP contribution is -2.39. The van der Waals surface area contributed by atoms with Crippen LogP contribution in [0.25, 0.3) is 0 Å². The number of halogens is 1. The summed E-state index contributed by atoms with van der Waals surface area (Å²) in [5, 5.41) is 3.34. The second-order valence-corrected chi connectivity index (χ2v) is 6.00. The molecule has 1 N–H and O–H groups in total. The third kappa shape index (κ3) is 3.41. The Kier molecular flexibility index (Phi) is 5.65. The molecule has 0 bridgehead atoms. The summed E-state index contributed by atoms with van der Waals surface area (Å²) in [6.07, 6.45) is 5.90. The molecule has 1 aromatic rings. The third-order valence-corrected chi connectivity index (χ3v) is 4.69. The second kappa shape index (κ2) is 7.28. The van der Waals surface area contributed by atoms with Gasteiger partial charge in [0.25, 0.3) is 5.91 Å². The summed E-state index contributed by atoms with van der Waals surface area (Å²) >= 11 is 0. The van der Waals surface area contributed by atoms with Crippen LogP contribution in [0.2, 0.25) is 0 Å². The summed E-state index contributed by atoms with van der Waals surface area (Å²) in [6, 6.07) is 6.64. The lowest BCUT2D eigenvalue weighted by molar-refractivity contribution is 0.0678. The van der Waals surface area contributed by atoms with Crippen LogP contribution in [0.3, 0.4) is 0 Å². The maximum Gasteiger partial charge on any atom is 0.254 e. The van der Waals surface area contributed by atoms with Gasteiger partial charge in [0, 0.05) is 31.2 Å². The molecule has 21 heavy (non-hydrogen) atoms. The van der Waals surface area contributed by atoms with Gasteiger partial charge in [-0.3, -0.25) is 4.79 Å². The van der Waals surface area contributed by atoms with Gasteiger partial charge in [0.1, 0.15) is 0 Å². The number of carbonyl (C=O) groups is 1. The monoisotopic (exact) mass is 308 g/mol. The van der Waals surface area contributed by atoms with Crippen molar-refractivity contribution in [3.05, 3.63) is 34.9 Å². The number of fused-ring (bicyclic) bond motifs is 1. The van der Waals surface area contributed by atoms with Crippen molar-refractivity contribution in [2.24, 2.45) is 0 Å². The van der Waals surface area contributed by atoms with Gasteiger partial charge in [-0.1, -0.05) is 25.8 Å². The van der Waals surface area contributed by atoms with E-state index in [0.29, 0.717) is 6.04 Å². The van der Waals surface area contributed by atoms with Crippen LogP contribution in [0.1, 0.15) is 60.5 Å². The predicted molar refractivity (Wildman–Crippen MR) is 87.8 cm³/mol. The molecule has 2 aliphatic rings. The minimum Gasteiger partial charge on any atom is -0.336 e. The Morgan fingerprint density at radius 3 is 2.86 bits per heavy atom. The molecule has 1 amide bonds. The van der Waals surface area contributed by atoms with E-state index >= 15 is 0 Å². The maximum atomic E-state index is 12.8. The number of carbonyl (C=O) groups excluding carboxylic acids is 1. The van der Waals surface area contributed by atoms with E-state index in [4.69, 9.17) is 0 Å². The quantitative estimate of drug-likeness (QED) is 0.907. The van der Waals surface area contributed by atoms with Crippen LogP contribution in [-0.4, -0.2) is 23.4 Å². The fourth-order valence-electron chi connectivity index (χ4n) is 3.46. The molecule has 1 saturated heterocycles. The highest BCUT2D eigenvalue weighted by molar-refractivity contribution is 5.94. The van der Waals surface area contributed by atoms with Gasteiger partial charge in [0.05, 0.1) is 0 Å². The van der Waals surface area contributed by atoms with Crippen LogP contribution in [0.15, 0.2) is 18.2 Å². The highest BCUT2D eigenvalue weighted by Gasteiger charge is 2.25. The van der Waals surface area contributed by atoms with Gasteiger partial charge in [0.2, 0.25) is 0 Å². The van der Waals surface area contributed by atoms with E-state index in [1.165, 1.54) is 24.0 Å².